The molecule has 75 heavy (non-hydrogen) atoms. The van der Waals surface area contributed by atoms with Crippen LogP contribution in [0, 0.1) is 0 Å². The second-order valence-electron chi connectivity index (χ2n) is 23.2. The summed E-state index contributed by atoms with van der Waals surface area (Å²) in [6.45, 7) is 17.9. The minimum absolute atomic E-state index is 0.118. The molecule has 1 aromatic heterocycles. The van der Waals surface area contributed by atoms with Crippen LogP contribution < -0.4 is 9.80 Å². The van der Waals surface area contributed by atoms with Crippen molar-refractivity contribution >= 4 is 99.5 Å². The largest absolute Gasteiger partial charge is 0.354 e. The van der Waals surface area contributed by atoms with Crippen LogP contribution in [-0.4, -0.2) is 16.8 Å². The van der Waals surface area contributed by atoms with Gasteiger partial charge in [0.1, 0.15) is 0 Å². The van der Waals surface area contributed by atoms with Crippen LogP contribution in [-0.2, 0) is 10.8 Å². The third-order valence-corrected chi connectivity index (χ3v) is 17.8. The summed E-state index contributed by atoms with van der Waals surface area (Å²) in [6, 6.07) is 62.0. The molecule has 362 valence electrons. The van der Waals surface area contributed by atoms with Crippen LogP contribution in [0.5, 0.6) is 0 Å². The minimum atomic E-state index is -0.270. The lowest BCUT2D eigenvalue weighted by molar-refractivity contribution is 0.0893. The maximum atomic E-state index is 15.0. The molecule has 0 saturated heterocycles. The number of imide groups is 1. The Kier molecular flexibility index (Phi) is 8.82. The summed E-state index contributed by atoms with van der Waals surface area (Å²) < 4.78 is 0. The summed E-state index contributed by atoms with van der Waals surface area (Å²) >= 11 is 0. The maximum absolute atomic E-state index is 15.0. The predicted octanol–water partition coefficient (Wildman–Crippen LogP) is 18.5. The van der Waals surface area contributed by atoms with Crippen molar-refractivity contribution in [1.82, 2.24) is 4.98 Å². The Morgan fingerprint density at radius 2 is 0.853 bits per heavy atom. The van der Waals surface area contributed by atoms with Crippen molar-refractivity contribution in [2.45, 2.75) is 78.1 Å². The second kappa shape index (κ2) is 15.0. The molecule has 0 bridgehead atoms. The fraction of sp³-hybridized carbons (Fsp3) is 0.171. The normalized spacial score (nSPS) is 15.1. The van der Waals surface area contributed by atoms with Gasteiger partial charge < -0.3 is 9.88 Å². The van der Waals surface area contributed by atoms with Gasteiger partial charge in [-0.3, -0.25) is 9.59 Å². The Hall–Kier alpha value is -8.54. The molecule has 11 aromatic carbocycles. The van der Waals surface area contributed by atoms with Gasteiger partial charge in [-0.15, -0.1) is 0 Å². The molecule has 0 spiro atoms. The topological polar surface area (TPSA) is 56.4 Å². The van der Waals surface area contributed by atoms with Gasteiger partial charge in [0.2, 0.25) is 0 Å². The van der Waals surface area contributed by atoms with Gasteiger partial charge in [0.05, 0.1) is 5.69 Å². The van der Waals surface area contributed by atoms with Gasteiger partial charge >= 0.3 is 0 Å². The molecular weight excluding hydrogens is 915 g/mol. The van der Waals surface area contributed by atoms with E-state index in [1.807, 2.05) is 18.2 Å². The molecule has 0 saturated carbocycles. The van der Waals surface area contributed by atoms with E-state index in [2.05, 4.69) is 217 Å². The van der Waals surface area contributed by atoms with Crippen molar-refractivity contribution in [3.63, 3.8) is 0 Å². The number of rotatable bonds is 6. The molecule has 5 heteroatoms. The fourth-order valence-electron chi connectivity index (χ4n) is 14.2. The second-order valence-corrected chi connectivity index (χ2v) is 23.2. The maximum Gasteiger partial charge on any atom is 0.266 e. The SMILES string of the molecule is CC(C)c1cccc(C(C)C)c1N1C(=O)c2ccc3c4cccc5c6c(cc(c7ccc(c2c37)C1=O)c45)[nH]c1cc(N(c2ccc3c(c2)C(C)(C)c2ccccc2-3)c2ccc3c(c2)C(C)(C)c2ccccc2-3)ccc16. The zero-order valence-electron chi connectivity index (χ0n) is 43.5. The molecule has 2 heterocycles. The number of nitrogens with one attached hydrogen (secondary N) is 1. The highest BCUT2D eigenvalue weighted by atomic mass is 16.2. The highest BCUT2D eigenvalue weighted by molar-refractivity contribution is 6.44. The fourth-order valence-corrected chi connectivity index (χ4v) is 14.2. The number of benzene rings is 11. The zero-order chi connectivity index (χ0) is 51.1. The number of aromatic nitrogens is 1. The summed E-state index contributed by atoms with van der Waals surface area (Å²) in [6.07, 6.45) is 0. The number of carbonyl (C=O) groups excluding carboxylic acids is 2. The Labute approximate surface area is 436 Å². The van der Waals surface area contributed by atoms with Gasteiger partial charge in [-0.05, 0) is 160 Å². The Morgan fingerprint density at radius 3 is 1.44 bits per heavy atom. The zero-order valence-corrected chi connectivity index (χ0v) is 43.5. The standard InChI is InChI=1S/C70H55N3O2/c1-37(2)42-17-13-18-43(38(3)4)66(42)73-67(74)53-31-29-49-48-19-14-20-52-62(48)55(50-30-32-54(68(73)75)65(53)64(49)50)36-61-63(52)51-28-25-41(35-60(51)71-61)72(39-23-26-46-44-15-9-11-21-56(44)69(5,6)58(46)33-39)40-24-27-47-45-16-10-12-22-57(45)70(7,8)59(47)34-40/h9-38,71H,1-8H3. The van der Waals surface area contributed by atoms with E-state index >= 15 is 9.59 Å². The van der Waals surface area contributed by atoms with Crippen molar-refractivity contribution in [3.8, 4) is 22.3 Å². The third-order valence-electron chi connectivity index (χ3n) is 17.8. The molecule has 1 N–H and O–H groups in total. The summed E-state index contributed by atoms with van der Waals surface area (Å²) in [5, 5.41) is 10.7. The molecule has 1 aliphatic heterocycles. The number of aromatic amines is 1. The van der Waals surface area contributed by atoms with Crippen LogP contribution in [0.2, 0.25) is 0 Å². The first-order chi connectivity index (χ1) is 36.2. The van der Waals surface area contributed by atoms with E-state index in [1.54, 1.807) is 0 Å². The van der Waals surface area contributed by atoms with Crippen molar-refractivity contribution in [1.29, 1.82) is 0 Å². The summed E-state index contributed by atoms with van der Waals surface area (Å²) in [7, 11) is 0. The number of hydrogen-bond acceptors (Lipinski definition) is 3. The number of amides is 2. The average molecular weight is 970 g/mol. The summed E-state index contributed by atoms with van der Waals surface area (Å²) in [5.74, 6) is -0.304. The molecular formula is C70H55N3O2. The number of hydrogen-bond donors (Lipinski definition) is 1. The molecule has 3 aliphatic rings. The Balaban J connectivity index is 0.922. The van der Waals surface area contributed by atoms with Gasteiger partial charge in [-0.25, -0.2) is 4.90 Å². The van der Waals surface area contributed by atoms with Crippen molar-refractivity contribution in [2.24, 2.45) is 0 Å². The van der Waals surface area contributed by atoms with Crippen LogP contribution in [0.25, 0.3) is 87.1 Å². The number of fused-ring (bicyclic) bond motifs is 12. The van der Waals surface area contributed by atoms with Crippen LogP contribution in [0.15, 0.2) is 170 Å². The Morgan fingerprint density at radius 1 is 0.387 bits per heavy atom. The lowest BCUT2D eigenvalue weighted by Crippen LogP contribution is -2.41. The van der Waals surface area contributed by atoms with E-state index in [4.69, 9.17) is 0 Å². The number of H-pyrrole nitrogens is 1. The first-order valence-electron chi connectivity index (χ1n) is 26.6. The van der Waals surface area contributed by atoms with Gasteiger partial charge in [0, 0.05) is 66.2 Å². The van der Waals surface area contributed by atoms with Crippen molar-refractivity contribution in [2.75, 3.05) is 9.80 Å². The summed E-state index contributed by atoms with van der Waals surface area (Å²) in [4.78, 5) is 37.9. The van der Waals surface area contributed by atoms with Crippen molar-refractivity contribution in [3.05, 3.63) is 214 Å². The average Bonchev–Trinajstić information content (AvgIpc) is 4.04. The number of carbonyl (C=O) groups is 2. The highest BCUT2D eigenvalue weighted by Gasteiger charge is 2.40. The van der Waals surface area contributed by atoms with Crippen molar-refractivity contribution < 1.29 is 9.59 Å². The first kappa shape index (κ1) is 44.0. The quantitative estimate of drug-likeness (QED) is 0.103. The van der Waals surface area contributed by atoms with E-state index in [9.17, 15) is 0 Å². The molecule has 2 amide bonds. The van der Waals surface area contributed by atoms with Crippen LogP contribution in [0.4, 0.5) is 22.7 Å². The minimum Gasteiger partial charge on any atom is -0.354 e. The predicted molar refractivity (Wildman–Crippen MR) is 313 cm³/mol. The molecule has 5 nitrogen and oxygen atoms in total. The first-order valence-corrected chi connectivity index (χ1v) is 26.6. The van der Waals surface area contributed by atoms with Gasteiger partial charge in [0.15, 0.2) is 0 Å². The van der Waals surface area contributed by atoms with Gasteiger partial charge in [-0.2, -0.15) is 0 Å². The highest BCUT2D eigenvalue weighted by Crippen LogP contribution is 2.54. The lowest BCUT2D eigenvalue weighted by Gasteiger charge is -2.32. The molecule has 0 unspecified atom stereocenters. The molecule has 0 radical (unpaired) electrons. The summed E-state index contributed by atoms with van der Waals surface area (Å²) in [5.41, 5.74) is 19.5. The van der Waals surface area contributed by atoms with Crippen LogP contribution in [0.1, 0.15) is 121 Å². The third kappa shape index (κ3) is 5.73. The number of nitrogens with zero attached hydrogens (tertiary/aromatic N) is 2. The number of anilines is 4. The van der Waals surface area contributed by atoms with E-state index in [1.165, 1.54) is 65.6 Å². The van der Waals surface area contributed by atoms with E-state index in [0.717, 1.165) is 82.6 Å². The molecule has 12 aromatic rings. The monoisotopic (exact) mass is 969 g/mol. The lowest BCUT2D eigenvalue weighted by atomic mass is 9.82. The van der Waals surface area contributed by atoms with Crippen LogP contribution >= 0.6 is 0 Å². The van der Waals surface area contributed by atoms with E-state index in [0.29, 0.717) is 11.1 Å². The van der Waals surface area contributed by atoms with E-state index in [-0.39, 0.29) is 34.5 Å². The molecule has 0 fully saturated rings. The number of para-hydroxylation sites is 1. The smallest absolute Gasteiger partial charge is 0.266 e. The molecule has 15 rings (SSSR count). The molecule has 2 aliphatic carbocycles. The van der Waals surface area contributed by atoms with Gasteiger partial charge in [-0.1, -0.05) is 171 Å². The van der Waals surface area contributed by atoms with E-state index < -0.39 is 0 Å². The Bertz CT molecular complexity index is 4390. The molecule has 0 atom stereocenters. The van der Waals surface area contributed by atoms with Gasteiger partial charge in [0.25, 0.3) is 11.8 Å². The van der Waals surface area contributed by atoms with Crippen LogP contribution in [0.3, 0.4) is 0 Å².